The molecule has 16 heavy (non-hydrogen) atoms. The van der Waals surface area contributed by atoms with Gasteiger partial charge in [-0.15, -0.1) is 5.10 Å². The Balaban J connectivity index is 2.15. The molecule has 82 valence electrons. The van der Waals surface area contributed by atoms with Gasteiger partial charge in [0.05, 0.1) is 4.47 Å². The lowest BCUT2D eigenvalue weighted by Crippen LogP contribution is -2.12. The molecule has 2 aromatic rings. The van der Waals surface area contributed by atoms with Crippen LogP contribution in [0.1, 0.15) is 10.5 Å². The normalized spacial score (nSPS) is 10.1. The lowest BCUT2D eigenvalue weighted by molar-refractivity contribution is 0.102. The SMILES string of the molecule is O=C(Nc1ccc(F)c(Br)c1)c1csnn1. The maximum atomic E-state index is 12.9. The summed E-state index contributed by atoms with van der Waals surface area (Å²) < 4.78 is 16.8. The molecule has 1 heterocycles. The molecule has 0 aliphatic carbocycles. The minimum Gasteiger partial charge on any atom is -0.321 e. The van der Waals surface area contributed by atoms with E-state index in [1.807, 2.05) is 0 Å². The number of hydrogen-bond donors (Lipinski definition) is 1. The molecule has 4 nitrogen and oxygen atoms in total. The first kappa shape index (κ1) is 11.2. The zero-order valence-corrected chi connectivity index (χ0v) is 10.2. The number of amides is 1. The summed E-state index contributed by atoms with van der Waals surface area (Å²) in [6.07, 6.45) is 0. The number of halogens is 2. The molecule has 0 atom stereocenters. The van der Waals surface area contributed by atoms with Gasteiger partial charge in [0.1, 0.15) is 5.82 Å². The van der Waals surface area contributed by atoms with Crippen molar-refractivity contribution in [2.24, 2.45) is 0 Å². The molecule has 0 unspecified atom stereocenters. The first-order valence-corrected chi connectivity index (χ1v) is 5.83. The maximum Gasteiger partial charge on any atom is 0.277 e. The van der Waals surface area contributed by atoms with E-state index in [0.717, 1.165) is 11.5 Å². The summed E-state index contributed by atoms with van der Waals surface area (Å²) in [5.74, 6) is -0.749. The number of nitrogens with zero attached hydrogens (tertiary/aromatic N) is 2. The second-order valence-corrected chi connectivity index (χ2v) is 4.34. The van der Waals surface area contributed by atoms with Crippen molar-refractivity contribution < 1.29 is 9.18 Å². The summed E-state index contributed by atoms with van der Waals surface area (Å²) in [7, 11) is 0. The number of aromatic nitrogens is 2. The molecule has 0 fully saturated rings. The molecule has 0 radical (unpaired) electrons. The van der Waals surface area contributed by atoms with Gasteiger partial charge in [-0.05, 0) is 45.7 Å². The number of hydrogen-bond acceptors (Lipinski definition) is 4. The number of carbonyl (C=O) groups excluding carboxylic acids is 1. The van der Waals surface area contributed by atoms with E-state index in [9.17, 15) is 9.18 Å². The van der Waals surface area contributed by atoms with Crippen LogP contribution in [0.3, 0.4) is 0 Å². The van der Waals surface area contributed by atoms with Gasteiger partial charge in [-0.3, -0.25) is 4.79 Å². The first-order chi connectivity index (χ1) is 7.66. The lowest BCUT2D eigenvalue weighted by Gasteiger charge is -2.03. The highest BCUT2D eigenvalue weighted by Crippen LogP contribution is 2.20. The molecular weight excluding hydrogens is 297 g/mol. The van der Waals surface area contributed by atoms with Gasteiger partial charge in [0.15, 0.2) is 5.69 Å². The molecule has 0 aliphatic rings. The minimum atomic E-state index is -0.381. The van der Waals surface area contributed by atoms with Crippen molar-refractivity contribution in [3.8, 4) is 0 Å². The molecule has 2 rings (SSSR count). The smallest absolute Gasteiger partial charge is 0.277 e. The van der Waals surface area contributed by atoms with Crippen molar-refractivity contribution in [3.05, 3.63) is 39.6 Å². The zero-order chi connectivity index (χ0) is 11.5. The van der Waals surface area contributed by atoms with Crippen LogP contribution < -0.4 is 5.32 Å². The molecule has 1 aromatic heterocycles. The predicted octanol–water partition coefficient (Wildman–Crippen LogP) is 2.69. The fourth-order valence-electron chi connectivity index (χ4n) is 1.03. The van der Waals surface area contributed by atoms with Gasteiger partial charge in [0.25, 0.3) is 5.91 Å². The molecule has 0 saturated heterocycles. The molecule has 0 aliphatic heterocycles. The van der Waals surface area contributed by atoms with E-state index >= 15 is 0 Å². The fraction of sp³-hybridized carbons (Fsp3) is 0. The van der Waals surface area contributed by atoms with Crippen LogP contribution in [0.4, 0.5) is 10.1 Å². The van der Waals surface area contributed by atoms with Gasteiger partial charge in [-0.2, -0.15) is 0 Å². The maximum absolute atomic E-state index is 12.9. The number of carbonyl (C=O) groups is 1. The van der Waals surface area contributed by atoms with Crippen LogP contribution in [0.5, 0.6) is 0 Å². The van der Waals surface area contributed by atoms with E-state index in [2.05, 4.69) is 30.8 Å². The number of nitrogens with one attached hydrogen (secondary N) is 1. The summed E-state index contributed by atoms with van der Waals surface area (Å²) in [4.78, 5) is 11.6. The van der Waals surface area contributed by atoms with Gasteiger partial charge in [0, 0.05) is 11.1 Å². The van der Waals surface area contributed by atoms with Crippen molar-refractivity contribution in [2.75, 3.05) is 5.32 Å². The largest absolute Gasteiger partial charge is 0.321 e. The third-order valence-electron chi connectivity index (χ3n) is 1.77. The summed E-state index contributed by atoms with van der Waals surface area (Å²) in [6, 6.07) is 4.21. The Kier molecular flexibility index (Phi) is 3.25. The van der Waals surface area contributed by atoms with Crippen LogP contribution in [0.25, 0.3) is 0 Å². The quantitative estimate of drug-likeness (QED) is 0.928. The second-order valence-electron chi connectivity index (χ2n) is 2.87. The van der Waals surface area contributed by atoms with Crippen LogP contribution in [0.2, 0.25) is 0 Å². The average Bonchev–Trinajstić information content (AvgIpc) is 2.77. The van der Waals surface area contributed by atoms with Crippen LogP contribution >= 0.6 is 27.5 Å². The topological polar surface area (TPSA) is 54.9 Å². The Hall–Kier alpha value is -1.34. The highest BCUT2D eigenvalue weighted by molar-refractivity contribution is 9.10. The number of anilines is 1. The zero-order valence-electron chi connectivity index (χ0n) is 7.78. The Bertz CT molecular complexity index is 517. The summed E-state index contributed by atoms with van der Waals surface area (Å²) in [6.45, 7) is 0. The van der Waals surface area contributed by atoms with Gasteiger partial charge < -0.3 is 5.32 Å². The lowest BCUT2D eigenvalue weighted by atomic mass is 10.3. The van der Waals surface area contributed by atoms with Crippen molar-refractivity contribution in [2.45, 2.75) is 0 Å². The summed E-state index contributed by atoms with van der Waals surface area (Å²) in [5, 5.41) is 7.74. The van der Waals surface area contributed by atoms with E-state index in [1.165, 1.54) is 23.6 Å². The van der Waals surface area contributed by atoms with Crippen LogP contribution in [-0.4, -0.2) is 15.5 Å². The average molecular weight is 302 g/mol. The van der Waals surface area contributed by atoms with E-state index < -0.39 is 0 Å². The van der Waals surface area contributed by atoms with Gasteiger partial charge in [-0.25, -0.2) is 4.39 Å². The van der Waals surface area contributed by atoms with Gasteiger partial charge in [-0.1, -0.05) is 4.49 Å². The molecule has 1 N–H and O–H groups in total. The van der Waals surface area contributed by atoms with E-state index in [4.69, 9.17) is 0 Å². The van der Waals surface area contributed by atoms with Crippen molar-refractivity contribution >= 4 is 39.1 Å². The molecule has 1 amide bonds. The van der Waals surface area contributed by atoms with Crippen molar-refractivity contribution in [1.82, 2.24) is 9.59 Å². The van der Waals surface area contributed by atoms with Crippen LogP contribution in [0, 0.1) is 5.82 Å². The standard InChI is InChI=1S/C9H5BrFN3OS/c10-6-3-5(1-2-7(6)11)12-9(15)8-4-16-14-13-8/h1-4H,(H,12,15). The third kappa shape index (κ3) is 2.42. The van der Waals surface area contributed by atoms with Crippen LogP contribution in [-0.2, 0) is 0 Å². The van der Waals surface area contributed by atoms with Crippen LogP contribution in [0.15, 0.2) is 28.1 Å². The van der Waals surface area contributed by atoms with E-state index in [-0.39, 0.29) is 17.4 Å². The Morgan fingerprint density at radius 1 is 1.50 bits per heavy atom. The highest BCUT2D eigenvalue weighted by atomic mass is 79.9. The molecule has 0 spiro atoms. The second kappa shape index (κ2) is 4.67. The monoisotopic (exact) mass is 301 g/mol. The molecule has 0 saturated carbocycles. The first-order valence-electron chi connectivity index (χ1n) is 4.20. The van der Waals surface area contributed by atoms with Crippen molar-refractivity contribution in [1.29, 1.82) is 0 Å². The number of rotatable bonds is 2. The fourth-order valence-corrected chi connectivity index (χ4v) is 1.85. The predicted molar refractivity (Wildman–Crippen MR) is 62.0 cm³/mol. The number of benzene rings is 1. The van der Waals surface area contributed by atoms with Gasteiger partial charge >= 0.3 is 0 Å². The minimum absolute atomic E-state index is 0.241. The highest BCUT2D eigenvalue weighted by Gasteiger charge is 2.09. The van der Waals surface area contributed by atoms with Crippen molar-refractivity contribution in [3.63, 3.8) is 0 Å². The Labute approximate surface area is 103 Å². The molecule has 0 bridgehead atoms. The molecule has 1 aromatic carbocycles. The summed E-state index contributed by atoms with van der Waals surface area (Å²) >= 11 is 4.13. The van der Waals surface area contributed by atoms with E-state index in [0.29, 0.717) is 10.2 Å². The molecule has 7 heteroatoms. The third-order valence-corrected chi connectivity index (χ3v) is 2.88. The van der Waals surface area contributed by atoms with Gasteiger partial charge in [0.2, 0.25) is 0 Å². The summed E-state index contributed by atoms with van der Waals surface area (Å²) in [5.41, 5.74) is 0.733. The Morgan fingerprint density at radius 3 is 2.94 bits per heavy atom. The Morgan fingerprint density at radius 2 is 2.31 bits per heavy atom. The van der Waals surface area contributed by atoms with E-state index in [1.54, 1.807) is 0 Å². The molecular formula is C9H5BrFN3OS.